The van der Waals surface area contributed by atoms with Gasteiger partial charge in [0.15, 0.2) is 0 Å². The highest BCUT2D eigenvalue weighted by atomic mass is 79.9. The van der Waals surface area contributed by atoms with Crippen LogP contribution in [0.3, 0.4) is 0 Å². The number of halogens is 2. The fraction of sp³-hybridized carbons (Fsp3) is 0.417. The van der Waals surface area contributed by atoms with Crippen molar-refractivity contribution in [2.75, 3.05) is 6.61 Å². The van der Waals surface area contributed by atoms with Gasteiger partial charge in [0.2, 0.25) is 0 Å². The maximum atomic E-state index is 11.2. The molecule has 1 aromatic rings. The van der Waals surface area contributed by atoms with E-state index in [1.54, 1.807) is 12.1 Å². The molecule has 0 aromatic heterocycles. The predicted octanol–water partition coefficient (Wildman–Crippen LogP) is 4.40. The predicted molar refractivity (Wildman–Crippen MR) is 69.3 cm³/mol. The molecule has 0 N–H and O–H groups in total. The van der Waals surface area contributed by atoms with Gasteiger partial charge in [-0.2, -0.15) is 0 Å². The Hall–Kier alpha value is -0.540. The van der Waals surface area contributed by atoms with Crippen molar-refractivity contribution in [1.29, 1.82) is 0 Å². The Kier molecular flexibility index (Phi) is 5.85. The van der Waals surface area contributed by atoms with Crippen molar-refractivity contribution in [1.82, 2.24) is 0 Å². The summed E-state index contributed by atoms with van der Waals surface area (Å²) in [6.45, 7) is 2.75. The van der Waals surface area contributed by atoms with E-state index in [2.05, 4.69) is 22.9 Å². The van der Waals surface area contributed by atoms with Gasteiger partial charge in [0, 0.05) is 4.47 Å². The Morgan fingerprint density at radius 3 is 2.81 bits per heavy atom. The van der Waals surface area contributed by atoms with E-state index in [-0.39, 0.29) is 0 Å². The molecule has 1 rings (SSSR count). The highest BCUT2D eigenvalue weighted by Crippen LogP contribution is 2.25. The first-order valence-electron chi connectivity index (χ1n) is 5.27. The molecule has 0 aliphatic heterocycles. The molecule has 16 heavy (non-hydrogen) atoms. The Bertz CT molecular complexity index is 366. The van der Waals surface area contributed by atoms with Crippen LogP contribution < -0.4 is 4.74 Å². The smallest absolute Gasteiger partial charge is 0.256 e. The van der Waals surface area contributed by atoms with Crippen LogP contribution in [0.4, 0.5) is 0 Å². The lowest BCUT2D eigenvalue weighted by Crippen LogP contribution is -2.01. The zero-order chi connectivity index (χ0) is 12.0. The second kappa shape index (κ2) is 6.92. The molecule has 2 nitrogen and oxygen atoms in total. The SMILES string of the molecule is CCCCCOc1ccc(Br)cc1C(=O)Cl. The van der Waals surface area contributed by atoms with Crippen LogP contribution >= 0.6 is 27.5 Å². The van der Waals surface area contributed by atoms with Crippen molar-refractivity contribution in [3.63, 3.8) is 0 Å². The van der Waals surface area contributed by atoms with Gasteiger partial charge in [-0.25, -0.2) is 0 Å². The van der Waals surface area contributed by atoms with Crippen LogP contribution in [-0.4, -0.2) is 11.8 Å². The molecule has 0 atom stereocenters. The van der Waals surface area contributed by atoms with Crippen molar-refractivity contribution in [2.24, 2.45) is 0 Å². The lowest BCUT2D eigenvalue weighted by atomic mass is 10.2. The van der Waals surface area contributed by atoms with E-state index in [1.807, 2.05) is 6.07 Å². The summed E-state index contributed by atoms with van der Waals surface area (Å²) < 4.78 is 6.35. The number of rotatable bonds is 6. The first-order valence-corrected chi connectivity index (χ1v) is 6.44. The molecule has 4 heteroatoms. The van der Waals surface area contributed by atoms with Crippen molar-refractivity contribution < 1.29 is 9.53 Å². The van der Waals surface area contributed by atoms with E-state index in [9.17, 15) is 4.79 Å². The lowest BCUT2D eigenvalue weighted by molar-refractivity contribution is 0.107. The second-order valence-corrected chi connectivity index (χ2v) is 4.73. The molecule has 0 fully saturated rings. The van der Waals surface area contributed by atoms with Gasteiger partial charge in [-0.3, -0.25) is 4.79 Å². The summed E-state index contributed by atoms with van der Waals surface area (Å²) in [5.41, 5.74) is 0.410. The number of carbonyl (C=O) groups excluding carboxylic acids is 1. The highest BCUT2D eigenvalue weighted by molar-refractivity contribution is 9.10. The van der Waals surface area contributed by atoms with Crippen LogP contribution in [0.5, 0.6) is 5.75 Å². The summed E-state index contributed by atoms with van der Waals surface area (Å²) in [4.78, 5) is 11.2. The average Bonchev–Trinajstić information content (AvgIpc) is 2.26. The van der Waals surface area contributed by atoms with Gasteiger partial charge < -0.3 is 4.74 Å². The zero-order valence-corrected chi connectivity index (χ0v) is 11.5. The van der Waals surface area contributed by atoms with Crippen LogP contribution in [0.2, 0.25) is 0 Å². The topological polar surface area (TPSA) is 26.3 Å². The van der Waals surface area contributed by atoms with E-state index < -0.39 is 5.24 Å². The molecule has 0 unspecified atom stereocenters. The number of benzene rings is 1. The fourth-order valence-electron chi connectivity index (χ4n) is 1.32. The van der Waals surface area contributed by atoms with E-state index in [0.717, 1.165) is 23.7 Å². The summed E-state index contributed by atoms with van der Waals surface area (Å²) in [5.74, 6) is 0.555. The fourth-order valence-corrected chi connectivity index (χ4v) is 1.82. The summed E-state index contributed by atoms with van der Waals surface area (Å²) in [7, 11) is 0. The third-order valence-corrected chi connectivity index (χ3v) is 2.86. The first-order chi connectivity index (χ1) is 7.65. The minimum Gasteiger partial charge on any atom is -0.493 e. The Balaban J connectivity index is 2.67. The van der Waals surface area contributed by atoms with Crippen LogP contribution in [0.25, 0.3) is 0 Å². The maximum Gasteiger partial charge on any atom is 0.256 e. The summed E-state index contributed by atoms with van der Waals surface area (Å²) in [6.07, 6.45) is 3.26. The first kappa shape index (κ1) is 13.5. The lowest BCUT2D eigenvalue weighted by Gasteiger charge is -2.09. The Morgan fingerprint density at radius 1 is 1.44 bits per heavy atom. The Labute approximate surface area is 109 Å². The normalized spacial score (nSPS) is 10.2. The third kappa shape index (κ3) is 4.14. The van der Waals surface area contributed by atoms with E-state index in [1.165, 1.54) is 0 Å². The molecule has 0 saturated carbocycles. The molecule has 0 saturated heterocycles. The van der Waals surface area contributed by atoms with Crippen molar-refractivity contribution in [3.8, 4) is 5.75 Å². The second-order valence-electron chi connectivity index (χ2n) is 3.47. The number of hydrogen-bond acceptors (Lipinski definition) is 2. The van der Waals surface area contributed by atoms with Gasteiger partial charge in [0.25, 0.3) is 5.24 Å². The molecular formula is C12H14BrClO2. The molecule has 0 aliphatic rings. The van der Waals surface area contributed by atoms with Gasteiger partial charge in [0.1, 0.15) is 5.75 Å². The minimum atomic E-state index is -0.494. The zero-order valence-electron chi connectivity index (χ0n) is 9.13. The molecule has 0 radical (unpaired) electrons. The average molecular weight is 306 g/mol. The molecule has 0 amide bonds. The molecule has 88 valence electrons. The van der Waals surface area contributed by atoms with Crippen LogP contribution in [-0.2, 0) is 0 Å². The third-order valence-electron chi connectivity index (χ3n) is 2.16. The van der Waals surface area contributed by atoms with Gasteiger partial charge >= 0.3 is 0 Å². The summed E-state index contributed by atoms with van der Waals surface area (Å²) >= 11 is 8.77. The molecule has 0 heterocycles. The van der Waals surface area contributed by atoms with Gasteiger partial charge in [-0.05, 0) is 36.2 Å². The van der Waals surface area contributed by atoms with E-state index in [0.29, 0.717) is 17.9 Å². The van der Waals surface area contributed by atoms with Crippen LogP contribution in [0.1, 0.15) is 36.5 Å². The summed E-state index contributed by atoms with van der Waals surface area (Å²) in [5, 5.41) is -0.494. The van der Waals surface area contributed by atoms with Gasteiger partial charge in [-0.1, -0.05) is 35.7 Å². The number of ether oxygens (including phenoxy) is 1. The molecule has 0 bridgehead atoms. The molecule has 1 aromatic carbocycles. The molecule has 0 spiro atoms. The van der Waals surface area contributed by atoms with Gasteiger partial charge in [0.05, 0.1) is 12.2 Å². The largest absolute Gasteiger partial charge is 0.493 e. The van der Waals surface area contributed by atoms with Crippen molar-refractivity contribution in [2.45, 2.75) is 26.2 Å². The van der Waals surface area contributed by atoms with Crippen molar-refractivity contribution >= 4 is 32.8 Å². The van der Waals surface area contributed by atoms with Gasteiger partial charge in [-0.15, -0.1) is 0 Å². The summed E-state index contributed by atoms with van der Waals surface area (Å²) in [6, 6.07) is 5.26. The highest BCUT2D eigenvalue weighted by Gasteiger charge is 2.10. The quantitative estimate of drug-likeness (QED) is 0.575. The molecular weight excluding hydrogens is 291 g/mol. The monoisotopic (exact) mass is 304 g/mol. The maximum absolute atomic E-state index is 11.2. The molecule has 0 aliphatic carbocycles. The Morgan fingerprint density at radius 2 is 2.19 bits per heavy atom. The number of unbranched alkanes of at least 4 members (excludes halogenated alkanes) is 2. The van der Waals surface area contributed by atoms with E-state index >= 15 is 0 Å². The van der Waals surface area contributed by atoms with Crippen molar-refractivity contribution in [3.05, 3.63) is 28.2 Å². The van der Waals surface area contributed by atoms with E-state index in [4.69, 9.17) is 16.3 Å². The number of carbonyl (C=O) groups is 1. The number of hydrogen-bond donors (Lipinski definition) is 0. The standard InChI is InChI=1S/C12H14BrClO2/c1-2-3-4-7-16-11-6-5-9(13)8-10(11)12(14)15/h5-6,8H,2-4,7H2,1H3. The van der Waals surface area contributed by atoms with Crippen LogP contribution in [0, 0.1) is 0 Å². The minimum absolute atomic E-state index is 0.410. The van der Waals surface area contributed by atoms with Crippen LogP contribution in [0.15, 0.2) is 22.7 Å².